The van der Waals surface area contributed by atoms with Crippen molar-refractivity contribution in [1.29, 1.82) is 0 Å². The predicted molar refractivity (Wildman–Crippen MR) is 90.9 cm³/mol. The zero-order valence-electron chi connectivity index (χ0n) is 13.7. The molecule has 25 heavy (non-hydrogen) atoms. The zero-order chi connectivity index (χ0) is 17.6. The van der Waals surface area contributed by atoms with E-state index in [2.05, 4.69) is 0 Å². The van der Waals surface area contributed by atoms with E-state index in [1.54, 1.807) is 29.2 Å². The third-order valence-corrected chi connectivity index (χ3v) is 3.96. The van der Waals surface area contributed by atoms with Crippen LogP contribution in [0.25, 0.3) is 0 Å². The van der Waals surface area contributed by atoms with Crippen molar-refractivity contribution in [1.82, 2.24) is 4.90 Å². The molecule has 1 amide bonds. The molecule has 0 spiro atoms. The maximum absolute atomic E-state index is 12.4. The Morgan fingerprint density at radius 1 is 1.16 bits per heavy atom. The Balaban J connectivity index is 1.48. The molecule has 0 fully saturated rings. The van der Waals surface area contributed by atoms with E-state index in [-0.39, 0.29) is 19.1 Å². The van der Waals surface area contributed by atoms with Crippen molar-refractivity contribution in [3.05, 3.63) is 59.7 Å². The summed E-state index contributed by atoms with van der Waals surface area (Å²) in [6.45, 7) is 0.993. The van der Waals surface area contributed by atoms with Crippen LogP contribution in [-0.4, -0.2) is 41.8 Å². The van der Waals surface area contributed by atoms with E-state index >= 15 is 0 Å². The maximum atomic E-state index is 12.4. The Labute approximate surface area is 145 Å². The number of aliphatic carboxylic acids is 1. The van der Waals surface area contributed by atoms with E-state index in [9.17, 15) is 9.59 Å². The van der Waals surface area contributed by atoms with Crippen molar-refractivity contribution in [3.8, 4) is 11.5 Å². The van der Waals surface area contributed by atoms with Crippen molar-refractivity contribution in [2.45, 2.75) is 12.8 Å². The Morgan fingerprint density at radius 3 is 2.68 bits per heavy atom. The lowest BCUT2D eigenvalue weighted by atomic mass is 10.1. The molecule has 0 unspecified atom stereocenters. The van der Waals surface area contributed by atoms with Gasteiger partial charge in [-0.25, -0.2) is 0 Å². The topological polar surface area (TPSA) is 76.1 Å². The number of rotatable bonds is 7. The molecule has 0 atom stereocenters. The van der Waals surface area contributed by atoms with Crippen LogP contribution in [0.2, 0.25) is 0 Å². The van der Waals surface area contributed by atoms with Gasteiger partial charge >= 0.3 is 5.97 Å². The summed E-state index contributed by atoms with van der Waals surface area (Å²) in [5, 5.41) is 8.68. The normalized spacial score (nSPS) is 13.1. The van der Waals surface area contributed by atoms with Gasteiger partial charge in [-0.2, -0.15) is 0 Å². The van der Waals surface area contributed by atoms with Gasteiger partial charge < -0.3 is 19.5 Å². The number of ether oxygens (including phenoxy) is 2. The molecule has 2 aromatic carbocycles. The number of benzene rings is 2. The summed E-state index contributed by atoms with van der Waals surface area (Å²) in [5.41, 5.74) is 1.52. The lowest BCUT2D eigenvalue weighted by Crippen LogP contribution is -2.40. The van der Waals surface area contributed by atoms with Gasteiger partial charge in [0.2, 0.25) is 0 Å². The molecule has 0 radical (unpaired) electrons. The smallest absolute Gasteiger partial charge is 0.303 e. The number of carboxylic acids is 1. The number of amides is 1. The summed E-state index contributed by atoms with van der Waals surface area (Å²) < 4.78 is 11.2. The van der Waals surface area contributed by atoms with Crippen LogP contribution in [0.4, 0.5) is 0 Å². The highest BCUT2D eigenvalue weighted by Crippen LogP contribution is 2.24. The lowest BCUT2D eigenvalue weighted by molar-refractivity contribution is -0.136. The minimum Gasteiger partial charge on any atom is -0.492 e. The summed E-state index contributed by atoms with van der Waals surface area (Å²) >= 11 is 0. The van der Waals surface area contributed by atoms with Crippen LogP contribution in [0.3, 0.4) is 0 Å². The Hall–Kier alpha value is -3.02. The highest BCUT2D eigenvalue weighted by atomic mass is 16.5. The number of carbonyl (C=O) groups excluding carboxylic acids is 1. The molecule has 1 heterocycles. The second-order valence-corrected chi connectivity index (χ2v) is 5.72. The summed E-state index contributed by atoms with van der Waals surface area (Å²) in [7, 11) is 0. The number of para-hydroxylation sites is 1. The van der Waals surface area contributed by atoms with Crippen molar-refractivity contribution >= 4 is 11.9 Å². The minimum absolute atomic E-state index is 0.0607. The van der Waals surface area contributed by atoms with Crippen LogP contribution in [0.5, 0.6) is 11.5 Å². The molecule has 0 aromatic heterocycles. The molecule has 6 heteroatoms. The minimum atomic E-state index is -0.810. The standard InChI is InChI=1S/C19H19NO5/c21-18(22)10-7-14-5-8-15(9-6-14)24-12-11-20-13-25-17-4-2-1-3-16(17)19(20)23/h1-6,8-9H,7,10-13H2,(H,21,22). The third-order valence-electron chi connectivity index (χ3n) is 3.96. The first-order chi connectivity index (χ1) is 12.1. The number of aryl methyl sites for hydroxylation is 1. The largest absolute Gasteiger partial charge is 0.492 e. The van der Waals surface area contributed by atoms with Crippen molar-refractivity contribution in [3.63, 3.8) is 0 Å². The first kappa shape index (κ1) is 16.8. The van der Waals surface area contributed by atoms with Crippen LogP contribution < -0.4 is 9.47 Å². The van der Waals surface area contributed by atoms with E-state index in [1.165, 1.54) is 0 Å². The average molecular weight is 341 g/mol. The molecule has 0 saturated carbocycles. The van der Waals surface area contributed by atoms with E-state index in [1.807, 2.05) is 24.3 Å². The monoisotopic (exact) mass is 341 g/mol. The second kappa shape index (κ2) is 7.70. The highest BCUT2D eigenvalue weighted by Gasteiger charge is 2.24. The zero-order valence-corrected chi connectivity index (χ0v) is 13.7. The molecule has 1 aliphatic rings. The first-order valence-electron chi connectivity index (χ1n) is 8.08. The lowest BCUT2D eigenvalue weighted by Gasteiger charge is -2.28. The molecule has 130 valence electrons. The molecule has 1 N–H and O–H groups in total. The average Bonchev–Trinajstić information content (AvgIpc) is 2.63. The number of hydrogen-bond donors (Lipinski definition) is 1. The predicted octanol–water partition coefficient (Wildman–Crippen LogP) is 2.57. The Bertz CT molecular complexity index is 757. The van der Waals surface area contributed by atoms with Gasteiger partial charge in [-0.15, -0.1) is 0 Å². The van der Waals surface area contributed by atoms with Crippen molar-refractivity contribution in [2.75, 3.05) is 19.9 Å². The fourth-order valence-corrected chi connectivity index (χ4v) is 2.59. The molecule has 0 aliphatic carbocycles. The van der Waals surface area contributed by atoms with Crippen LogP contribution in [0.1, 0.15) is 22.3 Å². The third kappa shape index (κ3) is 4.29. The van der Waals surface area contributed by atoms with Gasteiger partial charge in [0, 0.05) is 6.42 Å². The van der Waals surface area contributed by atoms with Gasteiger partial charge in [0.1, 0.15) is 18.1 Å². The Kier molecular flexibility index (Phi) is 5.18. The van der Waals surface area contributed by atoms with Crippen LogP contribution >= 0.6 is 0 Å². The SMILES string of the molecule is O=C(O)CCc1ccc(OCCN2COc3ccccc3C2=O)cc1. The number of fused-ring (bicyclic) bond motifs is 1. The van der Waals surface area contributed by atoms with Crippen LogP contribution in [-0.2, 0) is 11.2 Å². The fourth-order valence-electron chi connectivity index (χ4n) is 2.59. The summed E-state index contributed by atoms with van der Waals surface area (Å²) in [4.78, 5) is 24.5. The summed E-state index contributed by atoms with van der Waals surface area (Å²) in [6, 6.07) is 14.5. The van der Waals surface area contributed by atoms with Gasteiger partial charge in [-0.3, -0.25) is 9.59 Å². The van der Waals surface area contributed by atoms with Gasteiger partial charge in [0.15, 0.2) is 6.73 Å². The number of carboxylic acid groups (broad SMARTS) is 1. The summed E-state index contributed by atoms with van der Waals surface area (Å²) in [5.74, 6) is 0.427. The van der Waals surface area contributed by atoms with E-state index < -0.39 is 5.97 Å². The van der Waals surface area contributed by atoms with E-state index in [0.29, 0.717) is 36.6 Å². The second-order valence-electron chi connectivity index (χ2n) is 5.72. The van der Waals surface area contributed by atoms with Crippen LogP contribution in [0, 0.1) is 0 Å². The maximum Gasteiger partial charge on any atom is 0.303 e. The molecule has 3 rings (SSSR count). The molecule has 0 saturated heterocycles. The summed E-state index contributed by atoms with van der Waals surface area (Å²) in [6.07, 6.45) is 0.605. The quantitative estimate of drug-likeness (QED) is 0.838. The van der Waals surface area contributed by atoms with E-state index in [0.717, 1.165) is 5.56 Å². The molecular weight excluding hydrogens is 322 g/mol. The Morgan fingerprint density at radius 2 is 1.92 bits per heavy atom. The molecule has 1 aliphatic heterocycles. The van der Waals surface area contributed by atoms with Crippen molar-refractivity contribution in [2.24, 2.45) is 0 Å². The van der Waals surface area contributed by atoms with Crippen molar-refractivity contribution < 1.29 is 24.2 Å². The number of carbonyl (C=O) groups is 2. The van der Waals surface area contributed by atoms with Gasteiger partial charge in [0.05, 0.1) is 12.1 Å². The van der Waals surface area contributed by atoms with Gasteiger partial charge in [-0.1, -0.05) is 24.3 Å². The fraction of sp³-hybridized carbons (Fsp3) is 0.263. The van der Waals surface area contributed by atoms with Gasteiger partial charge in [-0.05, 0) is 36.2 Å². The molecular formula is C19H19NO5. The van der Waals surface area contributed by atoms with Gasteiger partial charge in [0.25, 0.3) is 5.91 Å². The first-order valence-corrected chi connectivity index (χ1v) is 8.08. The molecule has 6 nitrogen and oxygen atoms in total. The number of hydrogen-bond acceptors (Lipinski definition) is 4. The highest BCUT2D eigenvalue weighted by molar-refractivity contribution is 5.97. The van der Waals surface area contributed by atoms with E-state index in [4.69, 9.17) is 14.6 Å². The molecule has 2 aromatic rings. The number of nitrogens with zero attached hydrogens (tertiary/aromatic N) is 1. The molecule has 0 bridgehead atoms. The van der Waals surface area contributed by atoms with Crippen LogP contribution in [0.15, 0.2) is 48.5 Å².